The summed E-state index contributed by atoms with van der Waals surface area (Å²) in [6, 6.07) is 1.88. The van der Waals surface area contributed by atoms with Gasteiger partial charge in [-0.15, -0.1) is 0 Å². The highest BCUT2D eigenvalue weighted by atomic mass is 16.1. The molecule has 2 aromatic heterocycles. The molecule has 4 nitrogen and oxygen atoms in total. The third-order valence-electron chi connectivity index (χ3n) is 1.96. The zero-order valence-electron chi connectivity index (χ0n) is 6.98. The lowest BCUT2D eigenvalue weighted by Gasteiger charge is -1.97. The predicted molar refractivity (Wildman–Crippen MR) is 45.2 cm³/mol. The minimum atomic E-state index is -0.0619. The average Bonchev–Trinajstić information content (AvgIpc) is 2.41. The second-order valence-electron chi connectivity index (χ2n) is 2.79. The Labute approximate surface area is 69.1 Å². The summed E-state index contributed by atoms with van der Waals surface area (Å²) >= 11 is 0. The van der Waals surface area contributed by atoms with Crippen LogP contribution in [-0.2, 0) is 7.05 Å². The van der Waals surface area contributed by atoms with Crippen molar-refractivity contribution in [1.82, 2.24) is 14.0 Å². The lowest BCUT2D eigenvalue weighted by molar-refractivity contribution is 0.788. The van der Waals surface area contributed by atoms with E-state index in [2.05, 4.69) is 4.98 Å². The summed E-state index contributed by atoms with van der Waals surface area (Å²) in [5, 5.41) is 0. The molecule has 2 rings (SSSR count). The molecule has 0 aliphatic carbocycles. The first-order valence-corrected chi connectivity index (χ1v) is 3.69. The predicted octanol–water partition coefficient (Wildman–Crippen LogP) is 0.341. The highest BCUT2D eigenvalue weighted by Gasteiger charge is 2.01. The van der Waals surface area contributed by atoms with Gasteiger partial charge in [0.05, 0.1) is 11.2 Å². The van der Waals surface area contributed by atoms with Crippen LogP contribution in [0.25, 0.3) is 5.52 Å². The van der Waals surface area contributed by atoms with Gasteiger partial charge in [-0.1, -0.05) is 0 Å². The van der Waals surface area contributed by atoms with Gasteiger partial charge in [0.2, 0.25) is 0 Å². The highest BCUT2D eigenvalue weighted by molar-refractivity contribution is 5.49. The maximum atomic E-state index is 11.4. The van der Waals surface area contributed by atoms with Crippen molar-refractivity contribution < 1.29 is 0 Å². The molecular weight excluding hydrogens is 154 g/mol. The van der Waals surface area contributed by atoms with Gasteiger partial charge in [-0.3, -0.25) is 4.40 Å². The molecule has 0 fully saturated rings. The first kappa shape index (κ1) is 7.09. The van der Waals surface area contributed by atoms with Crippen LogP contribution < -0.4 is 5.69 Å². The van der Waals surface area contributed by atoms with Gasteiger partial charge < -0.3 is 4.57 Å². The normalized spacial score (nSPS) is 10.8. The molecule has 12 heavy (non-hydrogen) atoms. The van der Waals surface area contributed by atoms with Crippen molar-refractivity contribution in [3.8, 4) is 0 Å². The van der Waals surface area contributed by atoms with Crippen molar-refractivity contribution in [2.45, 2.75) is 6.92 Å². The smallest absolute Gasteiger partial charge is 0.303 e. The van der Waals surface area contributed by atoms with Crippen molar-refractivity contribution in [2.24, 2.45) is 7.05 Å². The molecule has 2 aromatic rings. The molecule has 0 aliphatic rings. The second kappa shape index (κ2) is 2.20. The van der Waals surface area contributed by atoms with Crippen LogP contribution in [0.5, 0.6) is 0 Å². The average molecular weight is 163 g/mol. The Balaban J connectivity index is 3.03. The number of imidazole rings is 1. The number of nitrogens with zero attached hydrogens (tertiary/aromatic N) is 3. The van der Waals surface area contributed by atoms with E-state index in [-0.39, 0.29) is 5.69 Å². The minimum Gasteiger partial charge on any atom is -0.303 e. The lowest BCUT2D eigenvalue weighted by Crippen LogP contribution is -2.22. The zero-order chi connectivity index (χ0) is 8.72. The van der Waals surface area contributed by atoms with Gasteiger partial charge in [0.15, 0.2) is 0 Å². The Morgan fingerprint density at radius 3 is 3.00 bits per heavy atom. The maximum absolute atomic E-state index is 11.4. The molecule has 0 aliphatic heterocycles. The number of hydrogen-bond acceptors (Lipinski definition) is 2. The van der Waals surface area contributed by atoms with Gasteiger partial charge in [-0.05, 0) is 13.0 Å². The van der Waals surface area contributed by atoms with Crippen LogP contribution in [0.4, 0.5) is 0 Å². The molecule has 0 amide bonds. The standard InChI is InChI=1S/C8H9N3O/c1-6-7-3-4-10(2)8(12)11(7)5-9-6/h3-5H,1-2H3. The second-order valence-corrected chi connectivity index (χ2v) is 2.79. The van der Waals surface area contributed by atoms with Crippen molar-refractivity contribution >= 4 is 5.52 Å². The van der Waals surface area contributed by atoms with E-state index in [4.69, 9.17) is 0 Å². The topological polar surface area (TPSA) is 39.3 Å². The van der Waals surface area contributed by atoms with Crippen LogP contribution >= 0.6 is 0 Å². The molecule has 0 aromatic carbocycles. The van der Waals surface area contributed by atoms with E-state index in [0.717, 1.165) is 11.2 Å². The van der Waals surface area contributed by atoms with E-state index >= 15 is 0 Å². The SMILES string of the molecule is Cc1ncn2c(=O)n(C)ccc12. The third kappa shape index (κ3) is 0.777. The van der Waals surface area contributed by atoms with Crippen LogP contribution in [0.15, 0.2) is 23.4 Å². The van der Waals surface area contributed by atoms with E-state index in [0.29, 0.717) is 0 Å². The summed E-state index contributed by atoms with van der Waals surface area (Å²) < 4.78 is 3.06. The fourth-order valence-electron chi connectivity index (χ4n) is 1.22. The van der Waals surface area contributed by atoms with Crippen molar-refractivity contribution in [1.29, 1.82) is 0 Å². The Morgan fingerprint density at radius 2 is 2.25 bits per heavy atom. The van der Waals surface area contributed by atoms with Crippen LogP contribution in [0, 0.1) is 6.92 Å². The number of rotatable bonds is 0. The first-order chi connectivity index (χ1) is 5.70. The molecule has 0 saturated carbocycles. The van der Waals surface area contributed by atoms with E-state index < -0.39 is 0 Å². The molecule has 0 N–H and O–H groups in total. The zero-order valence-corrected chi connectivity index (χ0v) is 6.98. The Kier molecular flexibility index (Phi) is 1.30. The van der Waals surface area contributed by atoms with Gasteiger partial charge in [0.25, 0.3) is 0 Å². The van der Waals surface area contributed by atoms with Gasteiger partial charge in [0.1, 0.15) is 6.33 Å². The molecule has 0 saturated heterocycles. The van der Waals surface area contributed by atoms with Crippen molar-refractivity contribution in [2.75, 3.05) is 0 Å². The maximum Gasteiger partial charge on any atom is 0.333 e. The number of aromatic nitrogens is 3. The molecule has 0 unspecified atom stereocenters. The van der Waals surface area contributed by atoms with Gasteiger partial charge in [-0.2, -0.15) is 0 Å². The lowest BCUT2D eigenvalue weighted by atomic mass is 10.4. The molecule has 0 bridgehead atoms. The van der Waals surface area contributed by atoms with E-state index in [1.54, 1.807) is 19.6 Å². The molecular formula is C8H9N3O. The molecule has 0 spiro atoms. The molecule has 2 heterocycles. The van der Waals surface area contributed by atoms with E-state index in [1.807, 2.05) is 13.0 Å². The van der Waals surface area contributed by atoms with E-state index in [1.165, 1.54) is 8.97 Å². The summed E-state index contributed by atoms with van der Waals surface area (Å²) in [4.78, 5) is 15.5. The Bertz CT molecular complexity index is 480. The quantitative estimate of drug-likeness (QED) is 0.562. The monoisotopic (exact) mass is 163 g/mol. The summed E-state index contributed by atoms with van der Waals surface area (Å²) in [6.45, 7) is 1.88. The Hall–Kier alpha value is -1.58. The van der Waals surface area contributed by atoms with Crippen LogP contribution in [0.3, 0.4) is 0 Å². The van der Waals surface area contributed by atoms with Crippen LogP contribution in [0.2, 0.25) is 0 Å². The van der Waals surface area contributed by atoms with E-state index in [9.17, 15) is 4.79 Å². The fraction of sp³-hybridized carbons (Fsp3) is 0.250. The fourth-order valence-corrected chi connectivity index (χ4v) is 1.22. The Morgan fingerprint density at radius 1 is 1.50 bits per heavy atom. The first-order valence-electron chi connectivity index (χ1n) is 3.69. The van der Waals surface area contributed by atoms with Gasteiger partial charge in [-0.25, -0.2) is 9.78 Å². The summed E-state index contributed by atoms with van der Waals surface area (Å²) in [5.74, 6) is 0. The molecule has 0 radical (unpaired) electrons. The van der Waals surface area contributed by atoms with Crippen LogP contribution in [0.1, 0.15) is 5.69 Å². The van der Waals surface area contributed by atoms with Crippen LogP contribution in [-0.4, -0.2) is 14.0 Å². The number of aryl methyl sites for hydroxylation is 2. The summed E-state index contributed by atoms with van der Waals surface area (Å²) in [7, 11) is 1.72. The minimum absolute atomic E-state index is 0.0619. The summed E-state index contributed by atoms with van der Waals surface area (Å²) in [6.07, 6.45) is 3.29. The molecule has 4 heteroatoms. The highest BCUT2D eigenvalue weighted by Crippen LogP contribution is 2.03. The van der Waals surface area contributed by atoms with Crippen molar-refractivity contribution in [3.05, 3.63) is 34.8 Å². The van der Waals surface area contributed by atoms with Gasteiger partial charge in [0, 0.05) is 13.2 Å². The van der Waals surface area contributed by atoms with Crippen molar-refractivity contribution in [3.63, 3.8) is 0 Å². The number of fused-ring (bicyclic) bond motifs is 1. The third-order valence-corrected chi connectivity index (χ3v) is 1.96. The number of hydrogen-bond donors (Lipinski definition) is 0. The molecule has 62 valence electrons. The molecule has 0 atom stereocenters. The summed E-state index contributed by atoms with van der Waals surface area (Å²) in [5.41, 5.74) is 1.69. The largest absolute Gasteiger partial charge is 0.333 e. The van der Waals surface area contributed by atoms with Gasteiger partial charge >= 0.3 is 5.69 Å².